The topological polar surface area (TPSA) is 73.8 Å². The molecule has 0 spiro atoms. The number of nitrogens with zero attached hydrogens (tertiary/aromatic N) is 1. The van der Waals surface area contributed by atoms with Gasteiger partial charge in [-0.2, -0.15) is 0 Å². The second-order valence-electron chi connectivity index (χ2n) is 6.37. The summed E-state index contributed by atoms with van der Waals surface area (Å²) in [6, 6.07) is 7.85. The minimum atomic E-state index is -0.916. The molecule has 6 heteroatoms. The predicted octanol–water partition coefficient (Wildman–Crippen LogP) is 3.14. The first-order chi connectivity index (χ1) is 11.8. The maximum atomic E-state index is 11.7. The van der Waals surface area contributed by atoms with Gasteiger partial charge in [-0.05, 0) is 36.5 Å². The fraction of sp³-hybridized carbons (Fsp3) is 0.526. The van der Waals surface area contributed by atoms with Crippen molar-refractivity contribution in [2.45, 2.75) is 39.7 Å². The van der Waals surface area contributed by atoms with E-state index in [-0.39, 0.29) is 6.04 Å². The normalized spacial score (nSPS) is 13.2. The number of benzene rings is 1. The monoisotopic (exact) mass is 349 g/mol. The van der Waals surface area contributed by atoms with Gasteiger partial charge in [0.15, 0.2) is 0 Å². The Hall–Kier alpha value is -2.21. The van der Waals surface area contributed by atoms with E-state index < -0.39 is 5.97 Å². The highest BCUT2D eigenvalue weighted by atomic mass is 16.5. The average Bonchev–Trinajstić information content (AvgIpc) is 2.59. The van der Waals surface area contributed by atoms with E-state index in [0.29, 0.717) is 23.7 Å². The highest BCUT2D eigenvalue weighted by Gasteiger charge is 2.21. The van der Waals surface area contributed by atoms with E-state index in [9.17, 15) is 9.90 Å². The average molecular weight is 349 g/mol. The molecule has 0 aromatic heterocycles. The van der Waals surface area contributed by atoms with Crippen molar-refractivity contribution in [1.29, 1.82) is 0 Å². The molecule has 0 bridgehead atoms. The van der Waals surface area contributed by atoms with Gasteiger partial charge < -0.3 is 15.2 Å². The summed E-state index contributed by atoms with van der Waals surface area (Å²) in [6.45, 7) is 6.15. The Morgan fingerprint density at radius 3 is 2.52 bits per heavy atom. The number of ether oxygens (including phenoxy) is 1. The zero-order valence-electron chi connectivity index (χ0n) is 16.1. The van der Waals surface area contributed by atoms with Crippen molar-refractivity contribution in [1.82, 2.24) is 15.8 Å². The van der Waals surface area contributed by atoms with Crippen LogP contribution in [0, 0.1) is 5.92 Å². The van der Waals surface area contributed by atoms with Gasteiger partial charge in [-0.3, -0.25) is 5.01 Å². The Bertz CT molecular complexity index is 599. The summed E-state index contributed by atoms with van der Waals surface area (Å²) in [5, 5.41) is 14.7. The maximum absolute atomic E-state index is 11.7. The van der Waals surface area contributed by atoms with Gasteiger partial charge in [-0.15, -0.1) is 0 Å². The van der Waals surface area contributed by atoms with E-state index in [1.54, 1.807) is 26.2 Å². The van der Waals surface area contributed by atoms with E-state index in [2.05, 4.69) is 24.6 Å². The molecule has 1 aromatic rings. The number of aliphatic carboxylic acids is 1. The van der Waals surface area contributed by atoms with E-state index in [4.69, 9.17) is 4.74 Å². The number of hydrazine groups is 1. The van der Waals surface area contributed by atoms with Gasteiger partial charge in [0, 0.05) is 14.1 Å². The minimum absolute atomic E-state index is 0.0261. The smallest absolute Gasteiger partial charge is 0.335 e. The van der Waals surface area contributed by atoms with Crippen LogP contribution in [0.4, 0.5) is 0 Å². The third-order valence-electron chi connectivity index (χ3n) is 4.08. The third kappa shape index (κ3) is 5.98. The van der Waals surface area contributed by atoms with Crippen molar-refractivity contribution in [2.75, 3.05) is 21.2 Å². The lowest BCUT2D eigenvalue weighted by Gasteiger charge is -2.30. The fourth-order valence-corrected chi connectivity index (χ4v) is 2.69. The van der Waals surface area contributed by atoms with Crippen LogP contribution in [0.15, 0.2) is 35.7 Å². The highest BCUT2D eigenvalue weighted by Crippen LogP contribution is 2.26. The summed E-state index contributed by atoms with van der Waals surface area (Å²) < 4.78 is 5.33. The molecule has 0 amide bonds. The lowest BCUT2D eigenvalue weighted by atomic mass is 9.96. The lowest BCUT2D eigenvalue weighted by Crippen LogP contribution is -2.40. The molecule has 140 valence electrons. The maximum Gasteiger partial charge on any atom is 0.335 e. The van der Waals surface area contributed by atoms with Gasteiger partial charge in [0.1, 0.15) is 11.6 Å². The van der Waals surface area contributed by atoms with Crippen LogP contribution in [0.2, 0.25) is 0 Å². The number of methoxy groups -OCH3 is 1. The number of rotatable bonds is 10. The number of carboxylic acid groups (broad SMARTS) is 1. The molecule has 0 aliphatic rings. The first-order valence-electron chi connectivity index (χ1n) is 8.62. The summed E-state index contributed by atoms with van der Waals surface area (Å²) in [6.07, 6.45) is 1.29. The summed E-state index contributed by atoms with van der Waals surface area (Å²) in [5.74, 6) is 0.890. The number of carboxylic acids is 1. The highest BCUT2D eigenvalue weighted by molar-refractivity contribution is 5.87. The van der Waals surface area contributed by atoms with Crippen LogP contribution in [0.3, 0.4) is 0 Å². The number of carbonyl (C=O) groups is 1. The molecule has 0 fully saturated rings. The predicted molar refractivity (Wildman–Crippen MR) is 100 cm³/mol. The number of hydrogen-bond donors (Lipinski definition) is 3. The SMILES string of the molecule is CC/C(C(=O)O)=C(/NC(CC(C)C)c1cccc(OC)c1)N(C)NC. The van der Waals surface area contributed by atoms with Crippen molar-refractivity contribution in [3.05, 3.63) is 41.2 Å². The Kier molecular flexibility index (Phi) is 8.28. The second-order valence-corrected chi connectivity index (χ2v) is 6.37. The summed E-state index contributed by atoms with van der Waals surface area (Å²) in [4.78, 5) is 11.7. The van der Waals surface area contributed by atoms with Crippen LogP contribution >= 0.6 is 0 Å². The molecule has 0 saturated carbocycles. The molecule has 3 N–H and O–H groups in total. The second kappa shape index (κ2) is 9.93. The van der Waals surface area contributed by atoms with Gasteiger partial charge in [-0.1, -0.05) is 32.9 Å². The Balaban J connectivity index is 3.30. The molecule has 6 nitrogen and oxygen atoms in total. The van der Waals surface area contributed by atoms with Crippen LogP contribution in [0.5, 0.6) is 5.75 Å². The zero-order chi connectivity index (χ0) is 19.0. The molecule has 0 radical (unpaired) electrons. The van der Waals surface area contributed by atoms with Crippen LogP contribution in [-0.4, -0.2) is 37.3 Å². The molecule has 1 aromatic carbocycles. The lowest BCUT2D eigenvalue weighted by molar-refractivity contribution is -0.133. The first-order valence-corrected chi connectivity index (χ1v) is 8.62. The number of nitrogens with one attached hydrogen (secondary N) is 2. The van der Waals surface area contributed by atoms with Crippen LogP contribution in [0.25, 0.3) is 0 Å². The van der Waals surface area contributed by atoms with Crippen molar-refractivity contribution >= 4 is 5.97 Å². The molecule has 1 rings (SSSR count). The molecule has 1 atom stereocenters. The fourth-order valence-electron chi connectivity index (χ4n) is 2.69. The summed E-state index contributed by atoms with van der Waals surface area (Å²) in [7, 11) is 5.21. The molecule has 25 heavy (non-hydrogen) atoms. The van der Waals surface area contributed by atoms with Crippen LogP contribution in [-0.2, 0) is 4.79 Å². The molecule has 0 aliphatic heterocycles. The molecular weight excluding hydrogens is 318 g/mol. The molecule has 1 unspecified atom stereocenters. The van der Waals surface area contributed by atoms with Crippen LogP contribution < -0.4 is 15.5 Å². The third-order valence-corrected chi connectivity index (χ3v) is 4.08. The molecule has 0 saturated heterocycles. The van der Waals surface area contributed by atoms with Crippen molar-refractivity contribution in [2.24, 2.45) is 5.92 Å². The minimum Gasteiger partial charge on any atom is -0.497 e. The molecular formula is C19H31N3O3. The van der Waals surface area contributed by atoms with E-state index in [1.807, 2.05) is 31.2 Å². The number of hydrogen-bond acceptors (Lipinski definition) is 5. The van der Waals surface area contributed by atoms with Gasteiger partial charge in [0.2, 0.25) is 0 Å². The zero-order valence-corrected chi connectivity index (χ0v) is 16.1. The first kappa shape index (κ1) is 20.8. The molecule has 0 heterocycles. The summed E-state index contributed by atoms with van der Waals surface area (Å²) >= 11 is 0. The summed E-state index contributed by atoms with van der Waals surface area (Å²) in [5.41, 5.74) is 4.40. The van der Waals surface area contributed by atoms with Crippen molar-refractivity contribution < 1.29 is 14.6 Å². The Labute approximate surface area is 150 Å². The standard InChI is InChI=1S/C19H31N3O3/c1-7-16(19(23)24)18(22(5)20-4)21-17(11-13(2)3)14-9-8-10-15(12-14)25-6/h8-10,12-13,17,20-21H,7,11H2,1-6H3,(H,23,24)/b18-16+. The van der Waals surface area contributed by atoms with Gasteiger partial charge in [-0.25, -0.2) is 10.2 Å². The quantitative estimate of drug-likeness (QED) is 0.445. The van der Waals surface area contributed by atoms with Crippen molar-refractivity contribution in [3.8, 4) is 5.75 Å². The van der Waals surface area contributed by atoms with Gasteiger partial charge in [0.25, 0.3) is 0 Å². The Morgan fingerprint density at radius 2 is 2.04 bits per heavy atom. The van der Waals surface area contributed by atoms with Gasteiger partial charge >= 0.3 is 5.97 Å². The van der Waals surface area contributed by atoms with Gasteiger partial charge in [0.05, 0.1) is 18.7 Å². The largest absolute Gasteiger partial charge is 0.497 e. The van der Waals surface area contributed by atoms with E-state index in [0.717, 1.165) is 17.7 Å². The van der Waals surface area contributed by atoms with E-state index in [1.165, 1.54) is 0 Å². The molecule has 0 aliphatic carbocycles. The van der Waals surface area contributed by atoms with E-state index >= 15 is 0 Å². The Morgan fingerprint density at radius 1 is 1.36 bits per heavy atom. The van der Waals surface area contributed by atoms with Crippen molar-refractivity contribution in [3.63, 3.8) is 0 Å². The van der Waals surface area contributed by atoms with Crippen LogP contribution in [0.1, 0.15) is 45.2 Å².